The summed E-state index contributed by atoms with van der Waals surface area (Å²) in [5.74, 6) is -0.879. The lowest BCUT2D eigenvalue weighted by Crippen LogP contribution is -2.55. The maximum absolute atomic E-state index is 14.7. The van der Waals surface area contributed by atoms with Crippen molar-refractivity contribution >= 4 is 51.8 Å². The molecule has 0 spiro atoms. The van der Waals surface area contributed by atoms with Crippen LogP contribution in [0.5, 0.6) is 0 Å². The summed E-state index contributed by atoms with van der Waals surface area (Å²) in [5.41, 5.74) is 1.08. The van der Waals surface area contributed by atoms with Gasteiger partial charge < -0.3 is 19.7 Å². The minimum atomic E-state index is -1.11. The van der Waals surface area contributed by atoms with E-state index in [1.54, 1.807) is 26.8 Å². The van der Waals surface area contributed by atoms with Crippen LogP contribution in [0.25, 0.3) is 10.9 Å². The van der Waals surface area contributed by atoms with Crippen LogP contribution in [0.2, 0.25) is 10.0 Å². The molecule has 2 unspecified atom stereocenters. The van der Waals surface area contributed by atoms with Crippen molar-refractivity contribution in [1.82, 2.24) is 19.7 Å². The lowest BCUT2D eigenvalue weighted by Gasteiger charge is -2.42. The molecule has 3 heterocycles. The number of nitrogens with zero attached hydrogens (tertiary/aromatic N) is 3. The van der Waals surface area contributed by atoms with E-state index in [-0.39, 0.29) is 35.7 Å². The predicted molar refractivity (Wildman–Crippen MR) is 163 cm³/mol. The van der Waals surface area contributed by atoms with Gasteiger partial charge in [0.2, 0.25) is 17.7 Å². The van der Waals surface area contributed by atoms with Crippen LogP contribution in [0, 0.1) is 11.2 Å². The predicted octanol–water partition coefficient (Wildman–Crippen LogP) is 6.51. The zero-order valence-corrected chi connectivity index (χ0v) is 25.3. The van der Waals surface area contributed by atoms with E-state index < -0.39 is 17.3 Å². The first-order chi connectivity index (χ1) is 20.1. The minimum Gasteiger partial charge on any atom is -0.361 e. The topological polar surface area (TPSA) is 76.7 Å². The van der Waals surface area contributed by atoms with Crippen LogP contribution in [0.3, 0.4) is 0 Å². The summed E-state index contributed by atoms with van der Waals surface area (Å²) in [5, 5.41) is 1.44. The van der Waals surface area contributed by atoms with Crippen LogP contribution in [0.15, 0.2) is 54.7 Å². The quantitative estimate of drug-likeness (QED) is 0.295. The van der Waals surface area contributed by atoms with Crippen LogP contribution in [-0.2, 0) is 20.9 Å². The van der Waals surface area contributed by atoms with E-state index in [1.807, 2.05) is 24.4 Å². The van der Waals surface area contributed by atoms with Crippen molar-refractivity contribution in [1.29, 1.82) is 0 Å². The average Bonchev–Trinajstić information content (AvgIpc) is 3.50. The molecule has 1 N–H and O–H groups in total. The zero-order chi connectivity index (χ0) is 30.0. The third-order valence-corrected chi connectivity index (χ3v) is 9.01. The number of hydrogen-bond donors (Lipinski definition) is 1. The molecule has 2 aliphatic heterocycles. The van der Waals surface area contributed by atoms with Gasteiger partial charge in [-0.2, -0.15) is 0 Å². The van der Waals surface area contributed by atoms with E-state index in [9.17, 15) is 18.8 Å². The van der Waals surface area contributed by atoms with Gasteiger partial charge in [-0.3, -0.25) is 14.4 Å². The number of allylic oxidation sites excluding steroid dienone is 2. The molecule has 10 heteroatoms. The summed E-state index contributed by atoms with van der Waals surface area (Å²) in [4.78, 5) is 49.2. The van der Waals surface area contributed by atoms with Crippen molar-refractivity contribution in [2.75, 3.05) is 26.2 Å². The molecule has 2 aromatic carbocycles. The molecule has 0 aliphatic carbocycles. The molecule has 0 bridgehead atoms. The molecule has 5 rings (SSSR count). The Bertz CT molecular complexity index is 1530. The number of benzene rings is 2. The number of aromatic nitrogens is 1. The van der Waals surface area contributed by atoms with Crippen LogP contribution in [0.1, 0.15) is 56.7 Å². The Labute approximate surface area is 255 Å². The number of carbonyl (C=O) groups is 3. The van der Waals surface area contributed by atoms with Gasteiger partial charge in [0.25, 0.3) is 0 Å². The molecular weight excluding hydrogens is 578 g/mol. The fraction of sp³-hybridized carbons (Fsp3) is 0.406. The van der Waals surface area contributed by atoms with Crippen molar-refractivity contribution in [2.24, 2.45) is 5.41 Å². The number of piperazine rings is 1. The first-order valence-electron chi connectivity index (χ1n) is 14.3. The van der Waals surface area contributed by atoms with E-state index in [0.29, 0.717) is 43.2 Å². The highest BCUT2D eigenvalue weighted by atomic mass is 35.5. The fourth-order valence-electron chi connectivity index (χ4n) is 6.32. The average molecular weight is 614 g/mol. The second-order valence-corrected chi connectivity index (χ2v) is 12.0. The number of rotatable bonds is 8. The molecule has 3 amide bonds. The van der Waals surface area contributed by atoms with Gasteiger partial charge in [0.15, 0.2) is 0 Å². The number of unbranched alkanes of at least 4 members (excludes halogenated alkanes) is 1. The van der Waals surface area contributed by atoms with Gasteiger partial charge in [0, 0.05) is 73.8 Å². The second-order valence-electron chi connectivity index (χ2n) is 11.2. The number of amides is 3. The lowest BCUT2D eigenvalue weighted by atomic mass is 9.72. The van der Waals surface area contributed by atoms with Crippen molar-refractivity contribution < 1.29 is 18.8 Å². The second kappa shape index (κ2) is 12.5. The van der Waals surface area contributed by atoms with E-state index in [0.717, 1.165) is 29.3 Å². The number of fused-ring (bicyclic) bond motifs is 1. The molecular formula is C32H35Cl2FN4O3. The van der Waals surface area contributed by atoms with Crippen molar-refractivity contribution in [2.45, 2.75) is 52.1 Å². The van der Waals surface area contributed by atoms with Crippen molar-refractivity contribution in [3.8, 4) is 0 Å². The Kier molecular flexibility index (Phi) is 8.94. The highest BCUT2D eigenvalue weighted by molar-refractivity contribution is 6.31. The van der Waals surface area contributed by atoms with Gasteiger partial charge in [-0.15, -0.1) is 0 Å². The summed E-state index contributed by atoms with van der Waals surface area (Å²) < 4.78 is 14.5. The summed E-state index contributed by atoms with van der Waals surface area (Å²) >= 11 is 12.2. The number of H-pyrrole nitrogens is 1. The van der Waals surface area contributed by atoms with Crippen LogP contribution in [-0.4, -0.2) is 63.6 Å². The summed E-state index contributed by atoms with van der Waals surface area (Å²) in [6, 6.07) is 9.41. The Morgan fingerprint density at radius 1 is 1.07 bits per heavy atom. The highest BCUT2D eigenvalue weighted by Gasteiger charge is 2.58. The molecule has 7 nitrogen and oxygen atoms in total. The molecule has 2 fully saturated rings. The normalized spacial score (nSPS) is 21.2. The first-order valence-corrected chi connectivity index (χ1v) is 15.1. The van der Waals surface area contributed by atoms with Crippen LogP contribution in [0.4, 0.5) is 4.39 Å². The number of likely N-dealkylation sites (tertiary alicyclic amines) is 1. The summed E-state index contributed by atoms with van der Waals surface area (Å²) in [7, 11) is 0. The molecule has 1 aromatic heterocycles. The number of carbonyl (C=O) groups excluding carboxylic acids is 3. The first kappa shape index (κ1) is 30.1. The molecule has 0 radical (unpaired) electrons. The standard InChI is InChI=1S/C32H35Cl2FN4O3/c1-3-4-5-6-11-32(31(42)38-14-12-37(13-15-38)21(2)40)18-29(41)39(20-22-7-10-26(34)27(35)16-22)30(32)25-19-36-28-17-23(33)8-9-24(25)28/h5-10,16-17,19,30,36H,3-4,11-15,18,20H2,1-2H3. The lowest BCUT2D eigenvalue weighted by molar-refractivity contribution is -0.148. The van der Waals surface area contributed by atoms with Gasteiger partial charge in [-0.05, 0) is 42.7 Å². The molecule has 2 aliphatic rings. The van der Waals surface area contributed by atoms with Crippen molar-refractivity contribution in [3.05, 3.63) is 81.7 Å². The number of hydrogen-bond acceptors (Lipinski definition) is 3. The van der Waals surface area contributed by atoms with Crippen molar-refractivity contribution in [3.63, 3.8) is 0 Å². The number of aromatic amines is 1. The molecule has 222 valence electrons. The highest BCUT2D eigenvalue weighted by Crippen LogP contribution is 2.54. The molecule has 42 heavy (non-hydrogen) atoms. The van der Waals surface area contributed by atoms with E-state index in [4.69, 9.17) is 23.2 Å². The fourth-order valence-corrected chi connectivity index (χ4v) is 6.61. The summed E-state index contributed by atoms with van der Waals surface area (Å²) in [6.45, 7) is 5.41. The number of halogens is 3. The zero-order valence-electron chi connectivity index (χ0n) is 23.8. The molecule has 2 saturated heterocycles. The minimum absolute atomic E-state index is 0.00634. The molecule has 0 saturated carbocycles. The third-order valence-electron chi connectivity index (χ3n) is 8.47. The Morgan fingerprint density at radius 2 is 1.81 bits per heavy atom. The van der Waals surface area contributed by atoms with Gasteiger partial charge in [0.1, 0.15) is 5.82 Å². The summed E-state index contributed by atoms with van der Waals surface area (Å²) in [6.07, 6.45) is 8.13. The maximum atomic E-state index is 14.7. The van der Waals surface area contributed by atoms with Gasteiger partial charge in [-0.25, -0.2) is 4.39 Å². The molecule has 2 atom stereocenters. The van der Waals surface area contributed by atoms with Gasteiger partial charge >= 0.3 is 0 Å². The SMILES string of the molecule is CCCC=CCC1(C(=O)N2CCN(C(C)=O)CC2)CC(=O)N(Cc2ccc(Cl)c(F)c2)C1c1c[nH]c2cc(Cl)ccc12. The van der Waals surface area contributed by atoms with Gasteiger partial charge in [0.05, 0.1) is 16.5 Å². The van der Waals surface area contributed by atoms with E-state index >= 15 is 0 Å². The largest absolute Gasteiger partial charge is 0.361 e. The van der Waals surface area contributed by atoms with E-state index in [2.05, 4.69) is 18.0 Å². The van der Waals surface area contributed by atoms with Gasteiger partial charge in [-0.1, -0.05) is 60.8 Å². The monoisotopic (exact) mass is 612 g/mol. The smallest absolute Gasteiger partial charge is 0.232 e. The Hall–Kier alpha value is -3.36. The Balaban J connectivity index is 1.62. The third kappa shape index (κ3) is 5.79. The molecule has 3 aromatic rings. The van der Waals surface area contributed by atoms with Crippen LogP contribution < -0.4 is 0 Å². The number of nitrogens with one attached hydrogen (secondary N) is 1. The van der Waals surface area contributed by atoms with E-state index in [1.165, 1.54) is 19.1 Å². The Morgan fingerprint density at radius 3 is 2.50 bits per heavy atom. The maximum Gasteiger partial charge on any atom is 0.232 e. The van der Waals surface area contributed by atoms with Crippen LogP contribution >= 0.6 is 23.2 Å².